The van der Waals surface area contributed by atoms with Gasteiger partial charge in [0.2, 0.25) is 5.78 Å². The zero-order valence-corrected chi connectivity index (χ0v) is 27.2. The average molecular weight is 561 g/mol. The van der Waals surface area contributed by atoms with Crippen LogP contribution in [-0.2, 0) is 4.79 Å². The van der Waals surface area contributed by atoms with Crippen LogP contribution in [0.4, 0.5) is 0 Å². The summed E-state index contributed by atoms with van der Waals surface area (Å²) in [5.74, 6) is -0.470. The number of benzene rings is 1. The van der Waals surface area contributed by atoms with Crippen molar-refractivity contribution in [1.82, 2.24) is 0 Å². The van der Waals surface area contributed by atoms with Crippen LogP contribution >= 0.6 is 0 Å². The first-order valence-corrected chi connectivity index (χ1v) is 14.6. The number of hydrogen-bond donors (Lipinski definition) is 1. The van der Waals surface area contributed by atoms with Gasteiger partial charge in [-0.15, -0.1) is 0 Å². The molecule has 1 N–H and O–H groups in total. The second-order valence-corrected chi connectivity index (χ2v) is 11.8. The summed E-state index contributed by atoms with van der Waals surface area (Å²) in [5, 5.41) is 9.88. The molecule has 2 nitrogen and oxygen atoms in total. The van der Waals surface area contributed by atoms with Crippen molar-refractivity contribution in [3.8, 4) is 0 Å². The van der Waals surface area contributed by atoms with E-state index in [0.29, 0.717) is 5.57 Å². The molecule has 0 fully saturated rings. The minimum absolute atomic E-state index is 0.168. The van der Waals surface area contributed by atoms with E-state index < -0.39 is 5.41 Å². The van der Waals surface area contributed by atoms with Crippen LogP contribution < -0.4 is 0 Å². The summed E-state index contributed by atoms with van der Waals surface area (Å²) in [5.41, 5.74) is 11.0. The molecule has 2 rings (SSSR count). The highest BCUT2D eigenvalue weighted by atomic mass is 16.3. The molecule has 0 saturated carbocycles. The summed E-state index contributed by atoms with van der Waals surface area (Å²) in [6, 6.07) is 4.37. The van der Waals surface area contributed by atoms with Gasteiger partial charge in [-0.05, 0) is 89.3 Å². The Balaban J connectivity index is 1.92. The zero-order chi connectivity index (χ0) is 31.4. The standard InChI is InChI=1S/C40H48O2/c1-28(17-13-19-30(3)21-24-36-25-23-32(5)33(6)34(36)7)15-11-12-16-29(2)18-14-20-31(4)22-26-37-35(8)39(42)38(41)27-40(37,9)10/h11-27,41H,1-10H3/b12-11+,17-13+,18-14+,24-21+,26-22+,28-15+,29-16+,30-19+,31-20+. The van der Waals surface area contributed by atoms with E-state index in [1.165, 1.54) is 33.4 Å². The molecule has 1 aromatic rings. The molecule has 0 saturated heterocycles. The summed E-state index contributed by atoms with van der Waals surface area (Å²) in [6.45, 7) is 20.6. The molecule has 0 spiro atoms. The molecule has 0 aromatic heterocycles. The summed E-state index contributed by atoms with van der Waals surface area (Å²) in [7, 11) is 0. The van der Waals surface area contributed by atoms with Gasteiger partial charge < -0.3 is 5.11 Å². The van der Waals surface area contributed by atoms with Gasteiger partial charge in [0, 0.05) is 11.0 Å². The van der Waals surface area contributed by atoms with Gasteiger partial charge in [0.15, 0.2) is 5.76 Å². The van der Waals surface area contributed by atoms with Crippen LogP contribution in [0.1, 0.15) is 70.7 Å². The van der Waals surface area contributed by atoms with Crippen LogP contribution in [0.2, 0.25) is 0 Å². The van der Waals surface area contributed by atoms with Crippen LogP contribution in [0.25, 0.3) is 6.08 Å². The van der Waals surface area contributed by atoms with E-state index in [0.717, 1.165) is 16.7 Å². The Morgan fingerprint density at radius 1 is 0.667 bits per heavy atom. The van der Waals surface area contributed by atoms with Crippen LogP contribution in [0.3, 0.4) is 0 Å². The van der Waals surface area contributed by atoms with Crippen molar-refractivity contribution in [3.05, 3.63) is 159 Å². The summed E-state index contributed by atoms with van der Waals surface area (Å²) >= 11 is 0. The molecule has 0 amide bonds. The third kappa shape index (κ3) is 10.3. The molecule has 0 aliphatic heterocycles. The number of carbonyl (C=O) groups excluding carboxylic acids is 1. The van der Waals surface area contributed by atoms with Gasteiger partial charge in [0.1, 0.15) is 0 Å². The maximum absolute atomic E-state index is 12.2. The molecular weight excluding hydrogens is 512 g/mol. The van der Waals surface area contributed by atoms with Crippen molar-refractivity contribution in [2.45, 2.75) is 69.2 Å². The zero-order valence-electron chi connectivity index (χ0n) is 27.2. The number of aliphatic hydroxyl groups excluding tert-OH is 1. The molecule has 1 aliphatic carbocycles. The Labute approximate surface area is 254 Å². The maximum atomic E-state index is 12.2. The number of aryl methyl sites for hydroxylation is 1. The average Bonchev–Trinajstić information content (AvgIpc) is 2.92. The smallest absolute Gasteiger partial charge is 0.222 e. The second kappa shape index (κ2) is 15.7. The third-order valence-corrected chi connectivity index (χ3v) is 7.57. The second-order valence-electron chi connectivity index (χ2n) is 11.8. The van der Waals surface area contributed by atoms with Crippen molar-refractivity contribution in [3.63, 3.8) is 0 Å². The number of rotatable bonds is 10. The Kier molecular flexibility index (Phi) is 12.7. The molecule has 1 aliphatic rings. The van der Waals surface area contributed by atoms with Crippen LogP contribution in [-0.4, -0.2) is 10.9 Å². The van der Waals surface area contributed by atoms with Crippen LogP contribution in [0, 0.1) is 26.2 Å². The lowest BCUT2D eigenvalue weighted by molar-refractivity contribution is -0.114. The number of carbonyl (C=O) groups is 1. The number of ketones is 1. The van der Waals surface area contributed by atoms with Crippen molar-refractivity contribution < 1.29 is 9.90 Å². The van der Waals surface area contributed by atoms with E-state index in [1.54, 1.807) is 13.0 Å². The molecule has 0 unspecified atom stereocenters. The Morgan fingerprint density at radius 2 is 1.14 bits per heavy atom. The summed E-state index contributed by atoms with van der Waals surface area (Å²) < 4.78 is 0. The lowest BCUT2D eigenvalue weighted by Gasteiger charge is -2.28. The molecular formula is C40H48O2. The molecule has 42 heavy (non-hydrogen) atoms. The van der Waals surface area contributed by atoms with Crippen LogP contribution in [0.15, 0.2) is 136 Å². The predicted molar refractivity (Wildman–Crippen MR) is 183 cm³/mol. The van der Waals surface area contributed by atoms with Gasteiger partial charge in [-0.1, -0.05) is 133 Å². The predicted octanol–water partition coefficient (Wildman–Crippen LogP) is 11.0. The molecule has 0 bridgehead atoms. The molecule has 1 aromatic carbocycles. The lowest BCUT2D eigenvalue weighted by Crippen LogP contribution is -2.23. The Morgan fingerprint density at radius 3 is 1.69 bits per heavy atom. The number of allylic oxidation sites excluding steroid dienone is 20. The Hall–Kier alpha value is -4.17. The van der Waals surface area contributed by atoms with Gasteiger partial charge in [0.25, 0.3) is 0 Å². The van der Waals surface area contributed by atoms with Crippen molar-refractivity contribution in [1.29, 1.82) is 0 Å². The van der Waals surface area contributed by atoms with E-state index in [2.05, 4.69) is 108 Å². The lowest BCUT2D eigenvalue weighted by atomic mass is 9.76. The molecule has 220 valence electrons. The van der Waals surface area contributed by atoms with Gasteiger partial charge in [-0.25, -0.2) is 0 Å². The highest BCUT2D eigenvalue weighted by Crippen LogP contribution is 2.37. The third-order valence-electron chi connectivity index (χ3n) is 7.57. The van der Waals surface area contributed by atoms with Gasteiger partial charge in [-0.2, -0.15) is 0 Å². The van der Waals surface area contributed by atoms with Gasteiger partial charge >= 0.3 is 0 Å². The van der Waals surface area contributed by atoms with Gasteiger partial charge in [0.05, 0.1) is 0 Å². The SMILES string of the molecule is CC1=C(/C=C/C(C)=C/C=C/C(C)=C/C=C/C=C(C)/C=C/C=C(C)/C=C/c2ccc(C)c(C)c2C)C(C)(C)C=C(O)C1=O. The van der Waals surface area contributed by atoms with Crippen LogP contribution in [0.5, 0.6) is 0 Å². The number of Topliss-reactive ketones (excluding diaryl/α,β-unsaturated/α-hetero) is 1. The normalized spacial score (nSPS) is 17.8. The fourth-order valence-corrected chi connectivity index (χ4v) is 4.56. The first-order chi connectivity index (χ1) is 19.7. The van der Waals surface area contributed by atoms with Crippen molar-refractivity contribution in [2.75, 3.05) is 0 Å². The van der Waals surface area contributed by atoms with Gasteiger partial charge in [-0.3, -0.25) is 4.79 Å². The minimum atomic E-state index is -0.392. The molecule has 2 heteroatoms. The van der Waals surface area contributed by atoms with E-state index in [1.807, 2.05) is 51.2 Å². The highest BCUT2D eigenvalue weighted by molar-refractivity contribution is 6.08. The first-order valence-electron chi connectivity index (χ1n) is 14.6. The molecule has 0 radical (unpaired) electrons. The highest BCUT2D eigenvalue weighted by Gasteiger charge is 2.30. The summed E-state index contributed by atoms with van der Waals surface area (Å²) in [6.07, 6.45) is 30.7. The molecule has 0 heterocycles. The van der Waals surface area contributed by atoms with Crippen molar-refractivity contribution in [2.24, 2.45) is 5.41 Å². The fraction of sp³-hybridized carbons (Fsp3) is 0.275. The number of aliphatic hydroxyl groups is 1. The molecule has 0 atom stereocenters. The maximum Gasteiger partial charge on any atom is 0.222 e. The van der Waals surface area contributed by atoms with E-state index in [4.69, 9.17) is 0 Å². The minimum Gasteiger partial charge on any atom is -0.504 e. The van der Waals surface area contributed by atoms with E-state index in [9.17, 15) is 9.90 Å². The van der Waals surface area contributed by atoms with Crippen molar-refractivity contribution >= 4 is 11.9 Å². The largest absolute Gasteiger partial charge is 0.504 e. The first kappa shape index (κ1) is 34.0. The monoisotopic (exact) mass is 560 g/mol. The summed E-state index contributed by atoms with van der Waals surface area (Å²) in [4.78, 5) is 12.2. The Bertz CT molecular complexity index is 1510. The quantitative estimate of drug-likeness (QED) is 0.289. The number of hydrogen-bond acceptors (Lipinski definition) is 2. The van der Waals surface area contributed by atoms with E-state index in [-0.39, 0.29) is 11.5 Å². The topological polar surface area (TPSA) is 37.3 Å². The van der Waals surface area contributed by atoms with E-state index >= 15 is 0 Å². The fourth-order valence-electron chi connectivity index (χ4n) is 4.56.